The van der Waals surface area contributed by atoms with E-state index in [1.54, 1.807) is 0 Å². The number of nitrogens with zero attached hydrogens (tertiary/aromatic N) is 1. The first kappa shape index (κ1) is 17.3. The van der Waals surface area contributed by atoms with E-state index >= 15 is 0 Å². The second-order valence-electron chi connectivity index (χ2n) is 5.18. The Kier molecular flexibility index (Phi) is 5.98. The van der Waals surface area contributed by atoms with Gasteiger partial charge < -0.3 is 9.47 Å². The van der Waals surface area contributed by atoms with Gasteiger partial charge in [-0.25, -0.2) is 4.98 Å². The molecular weight excluding hydrogens is 312 g/mol. The van der Waals surface area contributed by atoms with Crippen LogP contribution in [0.1, 0.15) is 31.5 Å². The van der Waals surface area contributed by atoms with E-state index in [2.05, 4.69) is 10.3 Å². The summed E-state index contributed by atoms with van der Waals surface area (Å²) in [6.45, 7) is 8.25. The number of amides is 1. The maximum Gasteiger partial charge on any atom is 0.267 e. The van der Waals surface area contributed by atoms with Gasteiger partial charge in [0.05, 0.1) is 12.3 Å². The summed E-state index contributed by atoms with van der Waals surface area (Å²) in [6, 6.07) is 5.68. The largest absolute Gasteiger partial charge is 0.490 e. The topological polar surface area (TPSA) is 60.5 Å². The molecule has 0 saturated carbocycles. The highest BCUT2D eigenvalue weighted by atomic mass is 32.1. The zero-order chi connectivity index (χ0) is 16.8. The second-order valence-corrected chi connectivity index (χ2v) is 6.04. The lowest BCUT2D eigenvalue weighted by atomic mass is 10.2. The quantitative estimate of drug-likeness (QED) is 0.833. The van der Waals surface area contributed by atoms with Crippen LogP contribution in [-0.4, -0.2) is 23.6 Å². The Morgan fingerprint density at radius 3 is 2.70 bits per heavy atom. The van der Waals surface area contributed by atoms with Crippen LogP contribution in [0.2, 0.25) is 0 Å². The molecule has 0 fully saturated rings. The molecule has 5 nitrogen and oxygen atoms in total. The van der Waals surface area contributed by atoms with Crippen molar-refractivity contribution in [2.45, 2.75) is 40.2 Å². The van der Waals surface area contributed by atoms with E-state index in [9.17, 15) is 4.79 Å². The highest BCUT2D eigenvalue weighted by Gasteiger charge is 2.21. The third kappa shape index (κ3) is 4.69. The molecule has 0 aliphatic rings. The summed E-state index contributed by atoms with van der Waals surface area (Å²) < 4.78 is 11.5. The van der Waals surface area contributed by atoms with Crippen LogP contribution in [0.25, 0.3) is 0 Å². The fourth-order valence-electron chi connectivity index (χ4n) is 2.05. The molecule has 1 aromatic heterocycles. The van der Waals surface area contributed by atoms with Gasteiger partial charge in [0.2, 0.25) is 0 Å². The van der Waals surface area contributed by atoms with Gasteiger partial charge in [-0.15, -0.1) is 11.3 Å². The van der Waals surface area contributed by atoms with Gasteiger partial charge >= 0.3 is 0 Å². The second kappa shape index (κ2) is 7.97. The number of benzene rings is 1. The Morgan fingerprint density at radius 1 is 1.30 bits per heavy atom. The molecule has 0 aliphatic heterocycles. The molecule has 124 valence electrons. The maximum absolute atomic E-state index is 12.4. The summed E-state index contributed by atoms with van der Waals surface area (Å²) in [7, 11) is 0. The maximum atomic E-state index is 12.4. The Bertz CT molecular complexity index is 670. The van der Waals surface area contributed by atoms with E-state index in [0.717, 1.165) is 11.3 Å². The monoisotopic (exact) mass is 334 g/mol. The Hall–Kier alpha value is -2.08. The SMILES string of the molecule is CCOc1cc(C)ccc1O[C@H](CC)C(=O)Nc1nc(C)cs1. The van der Waals surface area contributed by atoms with Gasteiger partial charge in [0.25, 0.3) is 5.91 Å². The molecule has 1 aromatic carbocycles. The van der Waals surface area contributed by atoms with Gasteiger partial charge in [0.1, 0.15) is 0 Å². The summed E-state index contributed by atoms with van der Waals surface area (Å²) in [4.78, 5) is 16.6. The van der Waals surface area contributed by atoms with E-state index in [1.807, 2.05) is 51.3 Å². The van der Waals surface area contributed by atoms with Crippen molar-refractivity contribution in [1.29, 1.82) is 0 Å². The number of carbonyl (C=O) groups excluding carboxylic acids is 1. The zero-order valence-corrected chi connectivity index (χ0v) is 14.7. The van der Waals surface area contributed by atoms with Crippen LogP contribution < -0.4 is 14.8 Å². The molecule has 2 rings (SSSR count). The molecule has 2 aromatic rings. The third-order valence-corrected chi connectivity index (χ3v) is 4.06. The molecule has 0 radical (unpaired) electrons. The highest BCUT2D eigenvalue weighted by Crippen LogP contribution is 2.30. The van der Waals surface area contributed by atoms with E-state index in [4.69, 9.17) is 9.47 Å². The van der Waals surface area contributed by atoms with Gasteiger partial charge in [-0.2, -0.15) is 0 Å². The van der Waals surface area contributed by atoms with Crippen molar-refractivity contribution in [3.8, 4) is 11.5 Å². The van der Waals surface area contributed by atoms with Crippen molar-refractivity contribution in [2.75, 3.05) is 11.9 Å². The van der Waals surface area contributed by atoms with E-state index in [0.29, 0.717) is 29.7 Å². The molecule has 0 unspecified atom stereocenters. The summed E-state index contributed by atoms with van der Waals surface area (Å²) in [5.41, 5.74) is 1.97. The lowest BCUT2D eigenvalue weighted by Gasteiger charge is -2.19. The molecule has 23 heavy (non-hydrogen) atoms. The zero-order valence-electron chi connectivity index (χ0n) is 13.9. The van der Waals surface area contributed by atoms with Crippen LogP contribution in [0.3, 0.4) is 0 Å². The van der Waals surface area contributed by atoms with Crippen LogP contribution in [-0.2, 0) is 4.79 Å². The number of anilines is 1. The van der Waals surface area contributed by atoms with Crippen molar-refractivity contribution in [3.05, 3.63) is 34.8 Å². The van der Waals surface area contributed by atoms with Crippen LogP contribution in [0.4, 0.5) is 5.13 Å². The average molecular weight is 334 g/mol. The fourth-order valence-corrected chi connectivity index (χ4v) is 2.74. The predicted molar refractivity (Wildman–Crippen MR) is 92.5 cm³/mol. The van der Waals surface area contributed by atoms with Gasteiger partial charge in [-0.1, -0.05) is 13.0 Å². The van der Waals surface area contributed by atoms with Crippen LogP contribution >= 0.6 is 11.3 Å². The number of nitrogens with one attached hydrogen (secondary N) is 1. The van der Waals surface area contributed by atoms with E-state index in [-0.39, 0.29) is 5.91 Å². The van der Waals surface area contributed by atoms with E-state index in [1.165, 1.54) is 11.3 Å². The number of carbonyl (C=O) groups is 1. The van der Waals surface area contributed by atoms with Crippen molar-refractivity contribution >= 4 is 22.4 Å². The minimum absolute atomic E-state index is 0.204. The molecule has 1 heterocycles. The normalized spacial score (nSPS) is 11.8. The number of thiazole rings is 1. The number of aromatic nitrogens is 1. The Balaban J connectivity index is 2.10. The predicted octanol–water partition coefficient (Wildman–Crippen LogP) is 3.95. The van der Waals surface area contributed by atoms with Crippen molar-refractivity contribution in [1.82, 2.24) is 4.98 Å². The first-order valence-electron chi connectivity index (χ1n) is 7.66. The minimum atomic E-state index is -0.596. The molecule has 0 bridgehead atoms. The average Bonchev–Trinajstić information content (AvgIpc) is 2.92. The minimum Gasteiger partial charge on any atom is -0.490 e. The summed E-state index contributed by atoms with van der Waals surface area (Å²) in [5, 5.41) is 5.28. The van der Waals surface area contributed by atoms with Gasteiger partial charge in [0.15, 0.2) is 22.7 Å². The molecule has 1 N–H and O–H groups in total. The smallest absolute Gasteiger partial charge is 0.267 e. The molecule has 6 heteroatoms. The molecule has 0 aliphatic carbocycles. The highest BCUT2D eigenvalue weighted by molar-refractivity contribution is 7.13. The number of rotatable bonds is 7. The first-order chi connectivity index (χ1) is 11.0. The van der Waals surface area contributed by atoms with Crippen molar-refractivity contribution in [3.63, 3.8) is 0 Å². The van der Waals surface area contributed by atoms with Crippen molar-refractivity contribution in [2.24, 2.45) is 0 Å². The van der Waals surface area contributed by atoms with Gasteiger partial charge in [0, 0.05) is 5.38 Å². The third-order valence-electron chi connectivity index (χ3n) is 3.18. The van der Waals surface area contributed by atoms with Crippen LogP contribution in [0.15, 0.2) is 23.6 Å². The van der Waals surface area contributed by atoms with Gasteiger partial charge in [-0.05, 0) is 44.9 Å². The van der Waals surface area contributed by atoms with Crippen LogP contribution in [0, 0.1) is 13.8 Å². The lowest BCUT2D eigenvalue weighted by Crippen LogP contribution is -2.32. The number of hydrogen-bond acceptors (Lipinski definition) is 5. The fraction of sp³-hybridized carbons (Fsp3) is 0.412. The molecule has 1 amide bonds. The Labute approximate surface area is 140 Å². The molecular formula is C17H22N2O3S. The molecule has 0 saturated heterocycles. The molecule has 1 atom stereocenters. The molecule has 0 spiro atoms. The van der Waals surface area contributed by atoms with E-state index < -0.39 is 6.10 Å². The van der Waals surface area contributed by atoms with Crippen LogP contribution in [0.5, 0.6) is 11.5 Å². The van der Waals surface area contributed by atoms with Crippen molar-refractivity contribution < 1.29 is 14.3 Å². The Morgan fingerprint density at radius 2 is 2.09 bits per heavy atom. The number of ether oxygens (including phenoxy) is 2. The standard InChI is InChI=1S/C17H22N2O3S/c1-5-13(16(20)19-17-18-12(4)10-23-17)22-14-8-7-11(3)9-15(14)21-6-2/h7-10,13H,5-6H2,1-4H3,(H,18,19,20)/t13-/m1/s1. The number of aryl methyl sites for hydroxylation is 2. The first-order valence-corrected chi connectivity index (χ1v) is 8.54. The summed E-state index contributed by atoms with van der Waals surface area (Å²) >= 11 is 1.40. The lowest BCUT2D eigenvalue weighted by molar-refractivity contribution is -0.122. The number of hydrogen-bond donors (Lipinski definition) is 1. The van der Waals surface area contributed by atoms with Gasteiger partial charge in [-0.3, -0.25) is 10.1 Å². The summed E-state index contributed by atoms with van der Waals surface area (Å²) in [6.07, 6.45) is -0.0450. The summed E-state index contributed by atoms with van der Waals surface area (Å²) in [5.74, 6) is 1.03.